The summed E-state index contributed by atoms with van der Waals surface area (Å²) in [6.45, 7) is 4.52. The van der Waals surface area contributed by atoms with Crippen LogP contribution in [0.1, 0.15) is 162 Å². The van der Waals surface area contributed by atoms with E-state index in [2.05, 4.69) is 26.0 Å². The number of aliphatic hydroxyl groups excluding tert-OH is 4. The Bertz CT molecular complexity index is 732. The summed E-state index contributed by atoms with van der Waals surface area (Å²) >= 11 is 0. The molecular weight excluding hydrogens is 600 g/mol. The Labute approximate surface area is 286 Å². The highest BCUT2D eigenvalue weighted by molar-refractivity contribution is 5.69. The molecule has 6 unspecified atom stereocenters. The molecule has 0 aliphatic carbocycles. The van der Waals surface area contributed by atoms with E-state index in [-0.39, 0.29) is 19.2 Å². The van der Waals surface area contributed by atoms with Crippen LogP contribution in [0.3, 0.4) is 0 Å². The predicted octanol–water partition coefficient (Wildman–Crippen LogP) is 7.30. The largest absolute Gasteiger partial charge is 0.457 e. The molecule has 47 heavy (non-hydrogen) atoms. The van der Waals surface area contributed by atoms with Crippen molar-refractivity contribution in [1.82, 2.24) is 0 Å². The van der Waals surface area contributed by atoms with E-state index in [1.165, 1.54) is 96.3 Å². The van der Waals surface area contributed by atoms with Crippen molar-refractivity contribution < 1.29 is 44.2 Å². The van der Waals surface area contributed by atoms with Crippen LogP contribution in [0.4, 0.5) is 0 Å². The summed E-state index contributed by atoms with van der Waals surface area (Å²) < 4.78 is 22.6. The number of esters is 1. The smallest absolute Gasteiger partial charge is 0.306 e. The van der Waals surface area contributed by atoms with E-state index in [9.17, 15) is 25.2 Å². The Morgan fingerprint density at radius 2 is 1.17 bits per heavy atom. The molecule has 1 saturated heterocycles. The molecule has 6 atom stereocenters. The van der Waals surface area contributed by atoms with E-state index in [1.807, 2.05) is 0 Å². The summed E-state index contributed by atoms with van der Waals surface area (Å²) in [5.74, 6) is -0.323. The molecule has 0 aromatic rings. The normalized spacial score (nSPS) is 22.2. The van der Waals surface area contributed by atoms with Gasteiger partial charge in [0.05, 0.1) is 19.8 Å². The molecule has 0 aromatic carbocycles. The fraction of sp³-hybridized carbons (Fsp3) is 0.921. The second-order valence-electron chi connectivity index (χ2n) is 13.4. The molecular formula is C38H72O9. The number of rotatable bonds is 32. The predicted molar refractivity (Wildman–Crippen MR) is 187 cm³/mol. The minimum Gasteiger partial charge on any atom is -0.457 e. The van der Waals surface area contributed by atoms with Gasteiger partial charge in [0.15, 0.2) is 6.29 Å². The molecule has 1 fully saturated rings. The second kappa shape index (κ2) is 30.9. The average molecular weight is 673 g/mol. The van der Waals surface area contributed by atoms with Crippen LogP contribution in [0.15, 0.2) is 12.2 Å². The lowest BCUT2D eigenvalue weighted by molar-refractivity contribution is -0.305. The summed E-state index contributed by atoms with van der Waals surface area (Å²) in [7, 11) is 0. The zero-order valence-corrected chi connectivity index (χ0v) is 30.0. The number of hydrogen-bond donors (Lipinski definition) is 4. The van der Waals surface area contributed by atoms with Crippen LogP contribution in [0.2, 0.25) is 0 Å². The van der Waals surface area contributed by atoms with Crippen LogP contribution >= 0.6 is 0 Å². The van der Waals surface area contributed by atoms with E-state index in [4.69, 9.17) is 18.9 Å². The first-order valence-corrected chi connectivity index (χ1v) is 19.3. The quantitative estimate of drug-likeness (QED) is 0.0330. The minimum atomic E-state index is -1.53. The highest BCUT2D eigenvalue weighted by Crippen LogP contribution is 2.22. The highest BCUT2D eigenvalue weighted by atomic mass is 16.7. The van der Waals surface area contributed by atoms with Gasteiger partial charge in [0.1, 0.15) is 30.5 Å². The minimum absolute atomic E-state index is 0.113. The zero-order valence-electron chi connectivity index (χ0n) is 30.0. The maximum absolute atomic E-state index is 12.7. The Hall–Kier alpha value is -1.07. The van der Waals surface area contributed by atoms with Gasteiger partial charge in [-0.3, -0.25) is 4.79 Å². The lowest BCUT2D eigenvalue weighted by atomic mass is 9.99. The molecule has 278 valence electrons. The Morgan fingerprint density at radius 3 is 1.72 bits per heavy atom. The first kappa shape index (κ1) is 44.0. The number of carbonyl (C=O) groups is 1. The van der Waals surface area contributed by atoms with Gasteiger partial charge in [-0.1, -0.05) is 129 Å². The third kappa shape index (κ3) is 23.1. The monoisotopic (exact) mass is 673 g/mol. The van der Waals surface area contributed by atoms with Gasteiger partial charge in [-0.2, -0.15) is 0 Å². The molecule has 0 spiro atoms. The first-order valence-electron chi connectivity index (χ1n) is 19.3. The molecule has 1 rings (SSSR count). The van der Waals surface area contributed by atoms with E-state index in [0.717, 1.165) is 44.9 Å². The van der Waals surface area contributed by atoms with Crippen LogP contribution in [-0.2, 0) is 23.7 Å². The van der Waals surface area contributed by atoms with Gasteiger partial charge >= 0.3 is 5.97 Å². The van der Waals surface area contributed by atoms with Crippen molar-refractivity contribution in [3.05, 3.63) is 12.2 Å². The third-order valence-electron chi connectivity index (χ3n) is 8.93. The number of aliphatic hydroxyl groups is 4. The maximum Gasteiger partial charge on any atom is 0.306 e. The second-order valence-corrected chi connectivity index (χ2v) is 13.4. The van der Waals surface area contributed by atoms with Gasteiger partial charge in [-0.25, -0.2) is 0 Å². The number of ether oxygens (including phenoxy) is 4. The van der Waals surface area contributed by atoms with Gasteiger partial charge in [0, 0.05) is 13.0 Å². The van der Waals surface area contributed by atoms with Crippen LogP contribution in [-0.4, -0.2) is 89.6 Å². The van der Waals surface area contributed by atoms with Crippen molar-refractivity contribution in [1.29, 1.82) is 0 Å². The molecule has 1 heterocycles. The molecule has 0 bridgehead atoms. The third-order valence-corrected chi connectivity index (χ3v) is 8.93. The number of hydrogen-bond acceptors (Lipinski definition) is 9. The topological polar surface area (TPSA) is 135 Å². The summed E-state index contributed by atoms with van der Waals surface area (Å²) in [6, 6.07) is 0. The van der Waals surface area contributed by atoms with Gasteiger partial charge in [-0.15, -0.1) is 0 Å². The van der Waals surface area contributed by atoms with Gasteiger partial charge in [0.25, 0.3) is 0 Å². The Kier molecular flexibility index (Phi) is 28.9. The molecule has 9 nitrogen and oxygen atoms in total. The lowest BCUT2D eigenvalue weighted by Gasteiger charge is -2.39. The van der Waals surface area contributed by atoms with E-state index >= 15 is 0 Å². The van der Waals surface area contributed by atoms with Crippen LogP contribution in [0.5, 0.6) is 0 Å². The van der Waals surface area contributed by atoms with Crippen LogP contribution in [0, 0.1) is 0 Å². The SMILES string of the molecule is CCCCCCCCC/C=C\CCCCCCCC(=O)OC(COCCCCCCCCCC)COC1OC(CO)C(O)C(O)C1O. The molecule has 1 aliphatic heterocycles. The van der Waals surface area contributed by atoms with Gasteiger partial charge in [-0.05, 0) is 38.5 Å². The van der Waals surface area contributed by atoms with Crippen LogP contribution < -0.4 is 0 Å². The standard InChI is InChI=1S/C38H72O9/c1-3-5-7-9-11-13-14-15-16-17-18-19-20-21-23-25-27-34(40)46-32(30-44-28-26-24-22-12-10-8-6-4-2)31-45-38-37(43)36(42)35(41)33(29-39)47-38/h16-17,32-33,35-39,41-43H,3-15,18-31H2,1-2H3/b17-16-. The van der Waals surface area contributed by atoms with Crippen molar-refractivity contribution in [2.45, 2.75) is 198 Å². The Balaban J connectivity index is 2.30. The fourth-order valence-corrected chi connectivity index (χ4v) is 5.84. The molecule has 0 radical (unpaired) electrons. The Morgan fingerprint density at radius 1 is 0.660 bits per heavy atom. The average Bonchev–Trinajstić information content (AvgIpc) is 3.07. The fourth-order valence-electron chi connectivity index (χ4n) is 5.84. The zero-order chi connectivity index (χ0) is 34.4. The number of unbranched alkanes of at least 4 members (excludes halogenated alkanes) is 19. The summed E-state index contributed by atoms with van der Waals surface area (Å²) in [6.07, 6.45) is 23.8. The molecule has 1 aliphatic rings. The molecule has 0 amide bonds. The van der Waals surface area contributed by atoms with Crippen molar-refractivity contribution in [3.8, 4) is 0 Å². The summed E-state index contributed by atoms with van der Waals surface area (Å²) in [4.78, 5) is 12.7. The van der Waals surface area contributed by atoms with Crippen molar-refractivity contribution in [2.75, 3.05) is 26.4 Å². The molecule has 0 saturated carbocycles. The lowest BCUT2D eigenvalue weighted by Crippen LogP contribution is -2.59. The number of allylic oxidation sites excluding steroid dienone is 2. The van der Waals surface area contributed by atoms with E-state index in [0.29, 0.717) is 13.0 Å². The number of carbonyl (C=O) groups excluding carboxylic acids is 1. The molecule has 4 N–H and O–H groups in total. The van der Waals surface area contributed by atoms with E-state index < -0.39 is 43.4 Å². The molecule has 9 heteroatoms. The summed E-state index contributed by atoms with van der Waals surface area (Å²) in [5.41, 5.74) is 0. The maximum atomic E-state index is 12.7. The summed E-state index contributed by atoms with van der Waals surface area (Å²) in [5, 5.41) is 39.8. The van der Waals surface area contributed by atoms with Gasteiger partial charge < -0.3 is 39.4 Å². The van der Waals surface area contributed by atoms with Crippen molar-refractivity contribution in [3.63, 3.8) is 0 Å². The highest BCUT2D eigenvalue weighted by Gasteiger charge is 2.44. The van der Waals surface area contributed by atoms with Gasteiger partial charge in [0.2, 0.25) is 0 Å². The van der Waals surface area contributed by atoms with Crippen molar-refractivity contribution >= 4 is 5.97 Å². The van der Waals surface area contributed by atoms with E-state index in [1.54, 1.807) is 0 Å². The first-order chi connectivity index (χ1) is 22.9. The van der Waals surface area contributed by atoms with Crippen molar-refractivity contribution in [2.24, 2.45) is 0 Å². The van der Waals surface area contributed by atoms with Crippen LogP contribution in [0.25, 0.3) is 0 Å². The molecule has 0 aromatic heterocycles.